The largest absolute Gasteiger partial charge is 0.358 e. The molecule has 2 rings (SSSR count). The van der Waals surface area contributed by atoms with Gasteiger partial charge in [0, 0.05) is 12.6 Å². The number of benzene rings is 2. The van der Waals surface area contributed by atoms with Gasteiger partial charge in [-0.1, -0.05) is 12.1 Å². The summed E-state index contributed by atoms with van der Waals surface area (Å²) in [6.45, 7) is 0.291. The van der Waals surface area contributed by atoms with Crippen molar-refractivity contribution in [2.75, 3.05) is 5.32 Å². The Morgan fingerprint density at radius 3 is 2.35 bits per heavy atom. The maximum Gasteiger partial charge on any atom is 0.238 e. The molecule has 0 fully saturated rings. The lowest BCUT2D eigenvalue weighted by Crippen LogP contribution is -2.28. The van der Waals surface area contributed by atoms with E-state index in [1.807, 2.05) is 0 Å². The monoisotopic (exact) mass is 357 g/mol. The van der Waals surface area contributed by atoms with Gasteiger partial charge in [0.15, 0.2) is 5.11 Å². The lowest BCUT2D eigenvalue weighted by Gasteiger charge is -2.11. The second kappa shape index (κ2) is 6.99. The highest BCUT2D eigenvalue weighted by atomic mass is 32.2. The average Bonchev–Trinajstić information content (AvgIpc) is 2.47. The fraction of sp³-hybridized carbons (Fsp3) is 0.0714. The van der Waals surface area contributed by atoms with Gasteiger partial charge in [-0.05, 0) is 42.0 Å². The molecule has 0 aliphatic carbocycles. The van der Waals surface area contributed by atoms with E-state index in [0.717, 1.165) is 17.7 Å². The molecule has 0 heterocycles. The summed E-state index contributed by atoms with van der Waals surface area (Å²) < 4.78 is 48.6. The molecule has 122 valence electrons. The van der Waals surface area contributed by atoms with Crippen molar-refractivity contribution in [1.29, 1.82) is 0 Å². The topological polar surface area (TPSA) is 84.2 Å². The third kappa shape index (κ3) is 4.95. The van der Waals surface area contributed by atoms with E-state index in [0.29, 0.717) is 6.54 Å². The number of primary sulfonamides is 1. The maximum atomic E-state index is 13.5. The van der Waals surface area contributed by atoms with Crippen molar-refractivity contribution in [1.82, 2.24) is 5.32 Å². The van der Waals surface area contributed by atoms with E-state index in [1.54, 1.807) is 12.1 Å². The van der Waals surface area contributed by atoms with E-state index in [1.165, 1.54) is 18.2 Å². The number of nitrogens with one attached hydrogen (secondary N) is 2. The minimum absolute atomic E-state index is 0.00957. The lowest BCUT2D eigenvalue weighted by atomic mass is 10.2. The second-order valence-corrected chi connectivity index (χ2v) is 6.59. The number of anilines is 1. The molecule has 0 unspecified atom stereocenters. The van der Waals surface area contributed by atoms with E-state index < -0.39 is 21.7 Å². The fourth-order valence-electron chi connectivity index (χ4n) is 1.74. The predicted octanol–water partition coefficient (Wildman–Crippen LogP) is 2.10. The Labute approximate surface area is 137 Å². The molecule has 2 aromatic rings. The number of thiocarbonyl (C=S) groups is 1. The van der Waals surface area contributed by atoms with Crippen LogP contribution in [0.2, 0.25) is 0 Å². The van der Waals surface area contributed by atoms with E-state index in [9.17, 15) is 17.2 Å². The van der Waals surface area contributed by atoms with Crippen LogP contribution in [0.3, 0.4) is 0 Å². The Hall–Kier alpha value is -2.10. The molecule has 0 bridgehead atoms. The summed E-state index contributed by atoms with van der Waals surface area (Å²) in [7, 11) is -3.73. The second-order valence-electron chi connectivity index (χ2n) is 4.62. The highest BCUT2D eigenvalue weighted by Gasteiger charge is 2.08. The van der Waals surface area contributed by atoms with Gasteiger partial charge >= 0.3 is 0 Å². The highest BCUT2D eigenvalue weighted by molar-refractivity contribution is 7.89. The SMILES string of the molecule is NS(=O)(=O)c1ccc(CNC(=S)Nc2ccc(F)cc2F)cc1. The van der Waals surface area contributed by atoms with Gasteiger partial charge in [-0.25, -0.2) is 22.3 Å². The fourth-order valence-corrected chi connectivity index (χ4v) is 2.43. The lowest BCUT2D eigenvalue weighted by molar-refractivity contribution is 0.586. The molecule has 0 aromatic heterocycles. The minimum atomic E-state index is -3.73. The number of hydrogen-bond donors (Lipinski definition) is 3. The van der Waals surface area contributed by atoms with Crippen molar-refractivity contribution < 1.29 is 17.2 Å². The standard InChI is InChI=1S/C14H13F2N3O2S2/c15-10-3-6-13(12(16)7-10)19-14(22)18-8-9-1-4-11(5-2-9)23(17,20)21/h1-7H,8H2,(H2,17,20,21)(H2,18,19,22). The highest BCUT2D eigenvalue weighted by Crippen LogP contribution is 2.15. The normalized spacial score (nSPS) is 11.1. The summed E-state index contributed by atoms with van der Waals surface area (Å²) in [5, 5.41) is 10.6. The predicted molar refractivity (Wildman–Crippen MR) is 87.2 cm³/mol. The summed E-state index contributed by atoms with van der Waals surface area (Å²) in [5.41, 5.74) is 0.801. The van der Waals surface area contributed by atoms with Crippen molar-refractivity contribution in [2.45, 2.75) is 11.4 Å². The molecule has 0 amide bonds. The molecule has 5 nitrogen and oxygen atoms in total. The van der Waals surface area contributed by atoms with Crippen LogP contribution in [0, 0.1) is 11.6 Å². The van der Waals surface area contributed by atoms with E-state index in [-0.39, 0.29) is 15.7 Å². The van der Waals surface area contributed by atoms with Crippen molar-refractivity contribution in [2.24, 2.45) is 5.14 Å². The number of nitrogens with two attached hydrogens (primary N) is 1. The van der Waals surface area contributed by atoms with Crippen molar-refractivity contribution in [3.8, 4) is 0 Å². The first-order chi connectivity index (χ1) is 10.8. The number of rotatable bonds is 4. The van der Waals surface area contributed by atoms with Crippen LogP contribution in [0.4, 0.5) is 14.5 Å². The first-order valence-electron chi connectivity index (χ1n) is 6.37. The molecule has 0 spiro atoms. The average molecular weight is 357 g/mol. The van der Waals surface area contributed by atoms with Gasteiger partial charge in [0.1, 0.15) is 11.6 Å². The van der Waals surface area contributed by atoms with E-state index in [4.69, 9.17) is 17.4 Å². The zero-order valence-corrected chi connectivity index (χ0v) is 13.3. The summed E-state index contributed by atoms with van der Waals surface area (Å²) >= 11 is 5.01. The van der Waals surface area contributed by atoms with Crippen LogP contribution in [0.1, 0.15) is 5.56 Å². The Morgan fingerprint density at radius 1 is 1.13 bits per heavy atom. The third-order valence-electron chi connectivity index (χ3n) is 2.88. The van der Waals surface area contributed by atoms with E-state index in [2.05, 4.69) is 10.6 Å². The molecular weight excluding hydrogens is 344 g/mol. The molecule has 0 radical (unpaired) electrons. The first-order valence-corrected chi connectivity index (χ1v) is 8.33. The van der Waals surface area contributed by atoms with Gasteiger partial charge in [0.2, 0.25) is 10.0 Å². The molecule has 0 saturated heterocycles. The molecular formula is C14H13F2N3O2S2. The van der Waals surface area contributed by atoms with Crippen LogP contribution in [-0.2, 0) is 16.6 Å². The van der Waals surface area contributed by atoms with Crippen molar-refractivity contribution in [3.05, 3.63) is 59.7 Å². The molecule has 0 aliphatic heterocycles. The molecule has 0 aliphatic rings. The van der Waals surface area contributed by atoms with E-state index >= 15 is 0 Å². The van der Waals surface area contributed by atoms with Crippen LogP contribution >= 0.6 is 12.2 Å². The van der Waals surface area contributed by atoms with Gasteiger partial charge in [0.05, 0.1) is 10.6 Å². The summed E-state index contributed by atoms with van der Waals surface area (Å²) in [4.78, 5) is 0.00957. The van der Waals surface area contributed by atoms with Gasteiger partial charge < -0.3 is 10.6 Å². The quantitative estimate of drug-likeness (QED) is 0.730. The number of hydrogen-bond acceptors (Lipinski definition) is 3. The molecule has 4 N–H and O–H groups in total. The van der Waals surface area contributed by atoms with Gasteiger partial charge in [-0.15, -0.1) is 0 Å². The summed E-state index contributed by atoms with van der Waals surface area (Å²) in [6, 6.07) is 9.00. The molecule has 23 heavy (non-hydrogen) atoms. The minimum Gasteiger partial charge on any atom is -0.358 e. The maximum absolute atomic E-state index is 13.5. The van der Waals surface area contributed by atoms with Crippen LogP contribution in [0.15, 0.2) is 47.4 Å². The zero-order valence-electron chi connectivity index (χ0n) is 11.7. The number of halogens is 2. The first kappa shape index (κ1) is 17.3. The molecule has 0 atom stereocenters. The third-order valence-corrected chi connectivity index (χ3v) is 4.06. The van der Waals surface area contributed by atoms with Crippen molar-refractivity contribution >= 4 is 33.0 Å². The molecule has 0 saturated carbocycles. The zero-order chi connectivity index (χ0) is 17.0. The smallest absolute Gasteiger partial charge is 0.238 e. The Bertz CT molecular complexity index is 824. The molecule has 2 aromatic carbocycles. The Morgan fingerprint density at radius 2 is 1.78 bits per heavy atom. The summed E-state index contributed by atoms with van der Waals surface area (Å²) in [5.74, 6) is -1.44. The van der Waals surface area contributed by atoms with Crippen LogP contribution in [0.25, 0.3) is 0 Å². The van der Waals surface area contributed by atoms with Gasteiger partial charge in [-0.3, -0.25) is 0 Å². The van der Waals surface area contributed by atoms with Gasteiger partial charge in [-0.2, -0.15) is 0 Å². The van der Waals surface area contributed by atoms with Crippen LogP contribution in [-0.4, -0.2) is 13.5 Å². The Kier molecular flexibility index (Phi) is 5.24. The van der Waals surface area contributed by atoms with Crippen molar-refractivity contribution in [3.63, 3.8) is 0 Å². The van der Waals surface area contributed by atoms with Crippen LogP contribution < -0.4 is 15.8 Å². The van der Waals surface area contributed by atoms with Gasteiger partial charge in [0.25, 0.3) is 0 Å². The molecule has 9 heteroatoms. The van der Waals surface area contributed by atoms with Crippen LogP contribution in [0.5, 0.6) is 0 Å². The summed E-state index contributed by atoms with van der Waals surface area (Å²) in [6.07, 6.45) is 0. The number of sulfonamides is 1. The Balaban J connectivity index is 1.94.